The highest BCUT2D eigenvalue weighted by Gasteiger charge is 2.18. The van der Waals surface area contributed by atoms with E-state index in [2.05, 4.69) is 56.3 Å². The Morgan fingerprint density at radius 2 is 1.77 bits per heavy atom. The molecule has 0 radical (unpaired) electrons. The Labute approximate surface area is 151 Å². The van der Waals surface area contributed by atoms with Gasteiger partial charge in [0, 0.05) is 23.0 Å². The van der Waals surface area contributed by atoms with E-state index in [0.29, 0.717) is 6.04 Å². The lowest BCUT2D eigenvalue weighted by Gasteiger charge is -2.27. The summed E-state index contributed by atoms with van der Waals surface area (Å²) in [7, 11) is 0. The van der Waals surface area contributed by atoms with Gasteiger partial charge >= 0.3 is 0 Å². The molecule has 4 aromatic rings. The molecule has 0 unspecified atom stereocenters. The molecule has 0 atom stereocenters. The minimum Gasteiger partial charge on any atom is -0.382 e. The summed E-state index contributed by atoms with van der Waals surface area (Å²) in [6.45, 7) is 0. The molecule has 2 aromatic carbocycles. The second-order valence-corrected chi connectivity index (χ2v) is 6.69. The molecule has 1 aliphatic carbocycles. The van der Waals surface area contributed by atoms with Crippen molar-refractivity contribution in [1.82, 2.24) is 19.5 Å². The topological polar surface area (TPSA) is 55.6 Å². The first-order valence-corrected chi connectivity index (χ1v) is 8.99. The number of imidazole rings is 1. The zero-order valence-corrected chi connectivity index (χ0v) is 14.3. The lowest BCUT2D eigenvalue weighted by atomic mass is 9.93. The van der Waals surface area contributed by atoms with Gasteiger partial charge in [0.15, 0.2) is 5.65 Å². The van der Waals surface area contributed by atoms with Crippen molar-refractivity contribution in [2.75, 3.05) is 5.32 Å². The molecule has 26 heavy (non-hydrogen) atoms. The molecule has 128 valence electrons. The zero-order chi connectivity index (χ0) is 17.3. The normalized spacial score (nSPS) is 14.3. The van der Waals surface area contributed by atoms with Gasteiger partial charge in [0.05, 0.1) is 6.20 Å². The summed E-state index contributed by atoms with van der Waals surface area (Å²) in [6.07, 6.45) is 7.20. The van der Waals surface area contributed by atoms with Crippen LogP contribution in [-0.2, 0) is 0 Å². The molecular weight excluding hydrogens is 322 g/mol. The Hall–Kier alpha value is -3.21. The number of benzene rings is 2. The summed E-state index contributed by atoms with van der Waals surface area (Å²) in [5, 5.41) is 3.58. The largest absolute Gasteiger partial charge is 0.382 e. The number of hydrogen-bond donors (Lipinski definition) is 1. The van der Waals surface area contributed by atoms with Gasteiger partial charge in [0.25, 0.3) is 0 Å². The van der Waals surface area contributed by atoms with Gasteiger partial charge in [-0.1, -0.05) is 30.3 Å². The number of nitrogens with one attached hydrogen (secondary N) is 1. The van der Waals surface area contributed by atoms with E-state index in [0.717, 1.165) is 28.2 Å². The van der Waals surface area contributed by atoms with Gasteiger partial charge in [-0.3, -0.25) is 4.57 Å². The van der Waals surface area contributed by atoms with Crippen LogP contribution in [0.4, 0.5) is 5.69 Å². The van der Waals surface area contributed by atoms with Gasteiger partial charge in [0.2, 0.25) is 0 Å². The molecule has 0 amide bonds. The van der Waals surface area contributed by atoms with Crippen molar-refractivity contribution in [2.45, 2.75) is 25.3 Å². The summed E-state index contributed by atoms with van der Waals surface area (Å²) < 4.78 is 2.10. The molecule has 0 saturated heterocycles. The highest BCUT2D eigenvalue weighted by molar-refractivity contribution is 5.79. The second-order valence-electron chi connectivity index (χ2n) is 6.69. The van der Waals surface area contributed by atoms with E-state index in [9.17, 15) is 0 Å². The van der Waals surface area contributed by atoms with Crippen molar-refractivity contribution in [3.63, 3.8) is 0 Å². The Morgan fingerprint density at radius 1 is 0.962 bits per heavy atom. The molecule has 0 spiro atoms. The van der Waals surface area contributed by atoms with Crippen LogP contribution < -0.4 is 5.32 Å². The molecular formula is C21H19N5. The van der Waals surface area contributed by atoms with E-state index in [1.165, 1.54) is 24.9 Å². The molecule has 0 aliphatic heterocycles. The van der Waals surface area contributed by atoms with Crippen LogP contribution in [0.2, 0.25) is 0 Å². The molecule has 1 N–H and O–H groups in total. The van der Waals surface area contributed by atoms with E-state index < -0.39 is 0 Å². The Kier molecular flexibility index (Phi) is 3.63. The molecule has 0 bridgehead atoms. The van der Waals surface area contributed by atoms with E-state index >= 15 is 0 Å². The fraction of sp³-hybridized carbons (Fsp3) is 0.190. The maximum absolute atomic E-state index is 4.77. The van der Waals surface area contributed by atoms with Crippen molar-refractivity contribution in [2.24, 2.45) is 0 Å². The SMILES string of the molecule is c1ccc(-c2nc3cncnc3n2-c2ccc(NC3CCC3)cc2)cc1. The first kappa shape index (κ1) is 15.1. The Bertz CT molecular complexity index is 1030. The van der Waals surface area contributed by atoms with Gasteiger partial charge < -0.3 is 5.32 Å². The highest BCUT2D eigenvalue weighted by atomic mass is 15.1. The Morgan fingerprint density at radius 3 is 2.50 bits per heavy atom. The van der Waals surface area contributed by atoms with Crippen LogP contribution >= 0.6 is 0 Å². The predicted octanol–water partition coefficient (Wildman–Crippen LogP) is 4.45. The molecule has 2 aromatic heterocycles. The first-order valence-electron chi connectivity index (χ1n) is 8.99. The van der Waals surface area contributed by atoms with E-state index in [-0.39, 0.29) is 0 Å². The van der Waals surface area contributed by atoms with Crippen molar-refractivity contribution < 1.29 is 0 Å². The van der Waals surface area contributed by atoms with Gasteiger partial charge in [-0.25, -0.2) is 15.0 Å². The number of rotatable bonds is 4. The maximum Gasteiger partial charge on any atom is 0.168 e. The first-order chi connectivity index (χ1) is 12.9. The van der Waals surface area contributed by atoms with E-state index in [4.69, 9.17) is 4.98 Å². The van der Waals surface area contributed by atoms with Gasteiger partial charge in [-0.05, 0) is 43.5 Å². The van der Waals surface area contributed by atoms with Crippen LogP contribution in [0.3, 0.4) is 0 Å². The number of hydrogen-bond acceptors (Lipinski definition) is 4. The molecule has 5 heteroatoms. The van der Waals surface area contributed by atoms with Gasteiger partial charge in [-0.2, -0.15) is 0 Å². The Balaban J connectivity index is 1.61. The molecule has 5 nitrogen and oxygen atoms in total. The molecule has 1 aliphatic rings. The predicted molar refractivity (Wildman–Crippen MR) is 103 cm³/mol. The summed E-state index contributed by atoms with van der Waals surface area (Å²) in [6, 6.07) is 19.3. The maximum atomic E-state index is 4.77. The molecule has 5 rings (SSSR count). The molecule has 2 heterocycles. The van der Waals surface area contributed by atoms with Gasteiger partial charge in [0.1, 0.15) is 17.7 Å². The number of anilines is 1. The quantitative estimate of drug-likeness (QED) is 0.596. The van der Waals surface area contributed by atoms with Crippen LogP contribution in [0, 0.1) is 0 Å². The van der Waals surface area contributed by atoms with Crippen molar-refractivity contribution in [3.8, 4) is 17.1 Å². The van der Waals surface area contributed by atoms with Crippen LogP contribution in [0.25, 0.3) is 28.2 Å². The van der Waals surface area contributed by atoms with Crippen LogP contribution in [-0.4, -0.2) is 25.6 Å². The third-order valence-corrected chi connectivity index (χ3v) is 4.96. The lowest BCUT2D eigenvalue weighted by molar-refractivity contribution is 0.445. The fourth-order valence-electron chi connectivity index (χ4n) is 3.35. The molecule has 1 fully saturated rings. The number of fused-ring (bicyclic) bond motifs is 1. The number of nitrogens with zero attached hydrogens (tertiary/aromatic N) is 4. The summed E-state index contributed by atoms with van der Waals surface area (Å²) in [5.74, 6) is 0.876. The summed E-state index contributed by atoms with van der Waals surface area (Å²) in [4.78, 5) is 13.4. The van der Waals surface area contributed by atoms with Crippen LogP contribution in [0.5, 0.6) is 0 Å². The minimum absolute atomic E-state index is 0.627. The smallest absolute Gasteiger partial charge is 0.168 e. The third-order valence-electron chi connectivity index (χ3n) is 4.96. The van der Waals surface area contributed by atoms with E-state index in [1.807, 2.05) is 18.2 Å². The average molecular weight is 341 g/mol. The summed E-state index contributed by atoms with van der Waals surface area (Å²) >= 11 is 0. The average Bonchev–Trinajstić information content (AvgIpc) is 3.05. The number of aromatic nitrogens is 4. The third kappa shape index (κ3) is 2.62. The van der Waals surface area contributed by atoms with Gasteiger partial charge in [-0.15, -0.1) is 0 Å². The van der Waals surface area contributed by atoms with E-state index in [1.54, 1.807) is 12.5 Å². The minimum atomic E-state index is 0.627. The van der Waals surface area contributed by atoms with Crippen molar-refractivity contribution in [1.29, 1.82) is 0 Å². The van der Waals surface area contributed by atoms with Crippen molar-refractivity contribution in [3.05, 3.63) is 67.1 Å². The monoisotopic (exact) mass is 341 g/mol. The summed E-state index contributed by atoms with van der Waals surface area (Å²) in [5.41, 5.74) is 4.88. The van der Waals surface area contributed by atoms with Crippen molar-refractivity contribution >= 4 is 16.9 Å². The van der Waals surface area contributed by atoms with Crippen LogP contribution in [0.1, 0.15) is 19.3 Å². The fourth-order valence-corrected chi connectivity index (χ4v) is 3.35. The highest BCUT2D eigenvalue weighted by Crippen LogP contribution is 2.28. The zero-order valence-electron chi connectivity index (χ0n) is 14.3. The van der Waals surface area contributed by atoms with Crippen LogP contribution in [0.15, 0.2) is 67.1 Å². The molecule has 1 saturated carbocycles. The lowest BCUT2D eigenvalue weighted by Crippen LogP contribution is -2.26. The second kappa shape index (κ2) is 6.26. The standard InChI is InChI=1S/C21H19N5/c1-2-5-15(6-3-1)20-25-19-13-22-14-23-21(19)26(20)18-11-9-17(10-12-18)24-16-7-4-8-16/h1-3,5-6,9-14,16,24H,4,7-8H2.